The minimum atomic E-state index is -0.944. The zero-order valence-corrected chi connectivity index (χ0v) is 14.7. The van der Waals surface area contributed by atoms with Gasteiger partial charge in [-0.25, -0.2) is 4.79 Å². The van der Waals surface area contributed by atoms with Crippen LogP contribution in [0.2, 0.25) is 0 Å². The first kappa shape index (κ1) is 18.8. The Morgan fingerprint density at radius 1 is 1.28 bits per heavy atom. The van der Waals surface area contributed by atoms with Crippen molar-refractivity contribution in [2.75, 3.05) is 18.0 Å². The SMILES string of the molecule is CC(C)(C)OC(=O)NCCc1ccc(N2CC(C(=O)O)CC2=O)cc1. The number of ether oxygens (including phenoxy) is 1. The molecule has 0 spiro atoms. The maximum Gasteiger partial charge on any atom is 0.407 e. The van der Waals surface area contributed by atoms with Gasteiger partial charge in [0.15, 0.2) is 0 Å². The molecule has 1 aromatic rings. The summed E-state index contributed by atoms with van der Waals surface area (Å²) < 4.78 is 5.16. The van der Waals surface area contributed by atoms with Crippen LogP contribution in [0.25, 0.3) is 0 Å². The van der Waals surface area contributed by atoms with Crippen LogP contribution in [0.4, 0.5) is 10.5 Å². The number of aliphatic carboxylic acids is 1. The highest BCUT2D eigenvalue weighted by Gasteiger charge is 2.34. The number of nitrogens with one attached hydrogen (secondary N) is 1. The van der Waals surface area contributed by atoms with Gasteiger partial charge in [0.05, 0.1) is 5.92 Å². The number of amides is 2. The average molecular weight is 348 g/mol. The van der Waals surface area contributed by atoms with Gasteiger partial charge in [-0.3, -0.25) is 9.59 Å². The highest BCUT2D eigenvalue weighted by atomic mass is 16.6. The van der Waals surface area contributed by atoms with E-state index in [1.54, 1.807) is 32.9 Å². The second kappa shape index (κ2) is 7.55. The van der Waals surface area contributed by atoms with Gasteiger partial charge in [0.1, 0.15) is 5.60 Å². The number of carbonyl (C=O) groups excluding carboxylic acids is 2. The van der Waals surface area contributed by atoms with Crippen molar-refractivity contribution < 1.29 is 24.2 Å². The molecule has 1 unspecified atom stereocenters. The molecule has 25 heavy (non-hydrogen) atoms. The molecule has 0 bridgehead atoms. The maximum atomic E-state index is 11.9. The second-order valence-corrected chi connectivity index (χ2v) is 7.09. The van der Waals surface area contributed by atoms with E-state index in [9.17, 15) is 14.4 Å². The maximum absolute atomic E-state index is 11.9. The van der Waals surface area contributed by atoms with Gasteiger partial charge in [-0.05, 0) is 44.9 Å². The predicted octanol–water partition coefficient (Wildman–Crippen LogP) is 2.19. The summed E-state index contributed by atoms with van der Waals surface area (Å²) >= 11 is 0. The fourth-order valence-electron chi connectivity index (χ4n) is 2.59. The van der Waals surface area contributed by atoms with Crippen molar-refractivity contribution in [3.63, 3.8) is 0 Å². The van der Waals surface area contributed by atoms with Crippen LogP contribution in [0.1, 0.15) is 32.8 Å². The molecule has 1 aliphatic rings. The third kappa shape index (κ3) is 5.48. The van der Waals surface area contributed by atoms with Gasteiger partial charge in [-0.15, -0.1) is 0 Å². The molecule has 1 saturated heterocycles. The lowest BCUT2D eigenvalue weighted by atomic mass is 10.1. The van der Waals surface area contributed by atoms with Crippen LogP contribution in [0.5, 0.6) is 0 Å². The molecule has 0 aromatic heterocycles. The number of carbonyl (C=O) groups is 3. The molecule has 0 radical (unpaired) electrons. The van der Waals surface area contributed by atoms with E-state index in [2.05, 4.69) is 5.32 Å². The van der Waals surface area contributed by atoms with Crippen molar-refractivity contribution in [1.29, 1.82) is 0 Å². The van der Waals surface area contributed by atoms with E-state index in [1.807, 2.05) is 12.1 Å². The van der Waals surface area contributed by atoms with Crippen LogP contribution in [0.3, 0.4) is 0 Å². The first-order chi connectivity index (χ1) is 11.7. The molecule has 1 fully saturated rings. The molecule has 1 atom stereocenters. The fourth-order valence-corrected chi connectivity index (χ4v) is 2.59. The summed E-state index contributed by atoms with van der Waals surface area (Å²) in [6.07, 6.45) is 0.216. The van der Waals surface area contributed by atoms with Gasteiger partial charge >= 0.3 is 12.1 Å². The molecule has 7 heteroatoms. The Labute approximate surface area is 147 Å². The molecule has 2 N–H and O–H groups in total. The molecule has 0 saturated carbocycles. The molecule has 1 heterocycles. The number of rotatable bonds is 5. The topological polar surface area (TPSA) is 95.9 Å². The fraction of sp³-hybridized carbons (Fsp3) is 0.500. The second-order valence-electron chi connectivity index (χ2n) is 7.09. The van der Waals surface area contributed by atoms with Gasteiger partial charge in [0.25, 0.3) is 0 Å². The molecule has 1 aliphatic heterocycles. The number of carboxylic acid groups (broad SMARTS) is 1. The number of carboxylic acids is 1. The van der Waals surface area contributed by atoms with E-state index in [4.69, 9.17) is 9.84 Å². The highest BCUT2D eigenvalue weighted by Crippen LogP contribution is 2.25. The molecule has 2 rings (SSSR count). The van der Waals surface area contributed by atoms with Crippen molar-refractivity contribution in [1.82, 2.24) is 5.32 Å². The number of hydrogen-bond acceptors (Lipinski definition) is 4. The van der Waals surface area contributed by atoms with E-state index in [0.717, 1.165) is 5.56 Å². The molecular weight excluding hydrogens is 324 g/mol. The molecule has 1 aromatic carbocycles. The molecule has 7 nitrogen and oxygen atoms in total. The normalized spacial score (nSPS) is 17.5. The minimum absolute atomic E-state index is 0.0386. The van der Waals surface area contributed by atoms with Crippen LogP contribution in [-0.4, -0.2) is 41.8 Å². The first-order valence-electron chi connectivity index (χ1n) is 8.24. The van der Waals surface area contributed by atoms with Crippen LogP contribution in [-0.2, 0) is 20.7 Å². The van der Waals surface area contributed by atoms with Crippen molar-refractivity contribution in [3.8, 4) is 0 Å². The first-order valence-corrected chi connectivity index (χ1v) is 8.24. The van der Waals surface area contributed by atoms with Crippen molar-refractivity contribution in [2.45, 2.75) is 39.2 Å². The van der Waals surface area contributed by atoms with Crippen molar-refractivity contribution in [2.24, 2.45) is 5.92 Å². The van der Waals surface area contributed by atoms with Crippen LogP contribution in [0.15, 0.2) is 24.3 Å². The third-order valence-corrected chi connectivity index (χ3v) is 3.80. The molecule has 2 amide bonds. The minimum Gasteiger partial charge on any atom is -0.481 e. The number of alkyl carbamates (subject to hydrolysis) is 1. The summed E-state index contributed by atoms with van der Waals surface area (Å²) in [5.74, 6) is -1.77. The number of nitrogens with zero attached hydrogens (tertiary/aromatic N) is 1. The Bertz CT molecular complexity index is 648. The van der Waals surface area contributed by atoms with E-state index < -0.39 is 23.6 Å². The average Bonchev–Trinajstić information content (AvgIpc) is 2.88. The summed E-state index contributed by atoms with van der Waals surface area (Å²) in [4.78, 5) is 36.0. The van der Waals surface area contributed by atoms with Gasteiger partial charge < -0.3 is 20.1 Å². The van der Waals surface area contributed by atoms with Crippen LogP contribution < -0.4 is 10.2 Å². The van der Waals surface area contributed by atoms with Crippen molar-refractivity contribution in [3.05, 3.63) is 29.8 Å². The van der Waals surface area contributed by atoms with E-state index >= 15 is 0 Å². The number of benzene rings is 1. The van der Waals surface area contributed by atoms with Crippen LogP contribution >= 0.6 is 0 Å². The number of hydrogen-bond donors (Lipinski definition) is 2. The molecule has 136 valence electrons. The van der Waals surface area contributed by atoms with Gasteiger partial charge in [0, 0.05) is 25.2 Å². The standard InChI is InChI=1S/C18H24N2O5/c1-18(2,3)25-17(24)19-9-8-12-4-6-14(7-5-12)20-11-13(16(22)23)10-15(20)21/h4-7,13H,8-11H2,1-3H3,(H,19,24)(H,22,23). The Hall–Kier alpha value is -2.57. The van der Waals surface area contributed by atoms with Gasteiger partial charge in [-0.1, -0.05) is 12.1 Å². The molecule has 0 aliphatic carbocycles. The zero-order valence-electron chi connectivity index (χ0n) is 14.7. The predicted molar refractivity (Wildman–Crippen MR) is 92.5 cm³/mol. The summed E-state index contributed by atoms with van der Waals surface area (Å²) in [5, 5.41) is 11.7. The third-order valence-electron chi connectivity index (χ3n) is 3.80. The Kier molecular flexibility index (Phi) is 5.66. The lowest BCUT2D eigenvalue weighted by Crippen LogP contribution is -2.33. The van der Waals surface area contributed by atoms with E-state index in [0.29, 0.717) is 18.7 Å². The Morgan fingerprint density at radius 3 is 2.44 bits per heavy atom. The smallest absolute Gasteiger partial charge is 0.407 e. The van der Waals surface area contributed by atoms with Gasteiger partial charge in [0.2, 0.25) is 5.91 Å². The Balaban J connectivity index is 1.85. The largest absolute Gasteiger partial charge is 0.481 e. The monoisotopic (exact) mass is 348 g/mol. The molecular formula is C18H24N2O5. The van der Waals surface area contributed by atoms with E-state index in [-0.39, 0.29) is 18.9 Å². The lowest BCUT2D eigenvalue weighted by Gasteiger charge is -2.19. The summed E-state index contributed by atoms with van der Waals surface area (Å²) in [5.41, 5.74) is 1.17. The Morgan fingerprint density at radius 2 is 1.92 bits per heavy atom. The quantitative estimate of drug-likeness (QED) is 0.850. The highest BCUT2D eigenvalue weighted by molar-refractivity contribution is 5.99. The summed E-state index contributed by atoms with van der Waals surface area (Å²) in [6.45, 7) is 6.06. The summed E-state index contributed by atoms with van der Waals surface area (Å²) in [7, 11) is 0. The zero-order chi connectivity index (χ0) is 18.6. The van der Waals surface area contributed by atoms with Crippen LogP contribution in [0, 0.1) is 5.92 Å². The van der Waals surface area contributed by atoms with Gasteiger partial charge in [-0.2, -0.15) is 0 Å². The number of anilines is 1. The lowest BCUT2D eigenvalue weighted by molar-refractivity contribution is -0.141. The summed E-state index contributed by atoms with van der Waals surface area (Å²) in [6, 6.07) is 7.33. The van der Waals surface area contributed by atoms with Crippen molar-refractivity contribution >= 4 is 23.7 Å². The van der Waals surface area contributed by atoms with E-state index in [1.165, 1.54) is 4.90 Å².